The highest BCUT2D eigenvalue weighted by Crippen LogP contribution is 2.27. The van der Waals surface area contributed by atoms with Gasteiger partial charge in [-0.3, -0.25) is 4.79 Å². The Hall–Kier alpha value is -2.33. The van der Waals surface area contributed by atoms with Crippen molar-refractivity contribution in [1.82, 2.24) is 5.32 Å². The lowest BCUT2D eigenvalue weighted by Crippen LogP contribution is -2.23. The molecule has 0 saturated carbocycles. The monoisotopic (exact) mass is 317 g/mol. The summed E-state index contributed by atoms with van der Waals surface area (Å²) in [6.45, 7) is 2.03. The number of amides is 1. The molecule has 112 valence electrons. The SMILES string of the molecule is Cc1c(C(=O)NCc2cccc(F)c2)oc2ccc(Cl)cc12. The van der Waals surface area contributed by atoms with Gasteiger partial charge in [-0.1, -0.05) is 23.7 Å². The molecule has 0 saturated heterocycles. The minimum Gasteiger partial charge on any atom is -0.451 e. The Morgan fingerprint density at radius 3 is 2.86 bits per heavy atom. The number of furan rings is 1. The van der Waals surface area contributed by atoms with Crippen LogP contribution in [0.15, 0.2) is 46.9 Å². The molecule has 22 heavy (non-hydrogen) atoms. The summed E-state index contributed by atoms with van der Waals surface area (Å²) < 4.78 is 18.7. The quantitative estimate of drug-likeness (QED) is 0.774. The van der Waals surface area contributed by atoms with E-state index in [2.05, 4.69) is 5.32 Å². The van der Waals surface area contributed by atoms with Gasteiger partial charge in [-0.15, -0.1) is 0 Å². The van der Waals surface area contributed by atoms with E-state index in [-0.39, 0.29) is 24.0 Å². The predicted molar refractivity (Wildman–Crippen MR) is 83.5 cm³/mol. The van der Waals surface area contributed by atoms with Gasteiger partial charge in [-0.2, -0.15) is 0 Å². The maximum absolute atomic E-state index is 13.1. The van der Waals surface area contributed by atoms with Crippen LogP contribution in [0.25, 0.3) is 11.0 Å². The molecule has 0 unspecified atom stereocenters. The first-order valence-corrected chi connectivity index (χ1v) is 7.13. The third kappa shape index (κ3) is 2.83. The van der Waals surface area contributed by atoms with Gasteiger partial charge in [0.05, 0.1) is 0 Å². The molecule has 0 spiro atoms. The van der Waals surface area contributed by atoms with Crippen LogP contribution in [0.4, 0.5) is 4.39 Å². The maximum atomic E-state index is 13.1. The fraction of sp³-hybridized carbons (Fsp3) is 0.118. The molecule has 3 nitrogen and oxygen atoms in total. The zero-order valence-corrected chi connectivity index (χ0v) is 12.6. The lowest BCUT2D eigenvalue weighted by molar-refractivity contribution is 0.0924. The van der Waals surface area contributed by atoms with Crippen LogP contribution in [0.1, 0.15) is 21.7 Å². The third-order valence-corrected chi connectivity index (χ3v) is 3.68. The lowest BCUT2D eigenvalue weighted by atomic mass is 10.1. The van der Waals surface area contributed by atoms with Crippen molar-refractivity contribution in [2.45, 2.75) is 13.5 Å². The fourth-order valence-electron chi connectivity index (χ4n) is 2.32. The van der Waals surface area contributed by atoms with Crippen molar-refractivity contribution < 1.29 is 13.6 Å². The normalized spacial score (nSPS) is 10.9. The van der Waals surface area contributed by atoms with Crippen LogP contribution in [-0.2, 0) is 6.54 Å². The molecule has 0 aliphatic heterocycles. The minimum absolute atomic E-state index is 0.230. The second-order valence-corrected chi connectivity index (χ2v) is 5.45. The number of nitrogens with one attached hydrogen (secondary N) is 1. The highest BCUT2D eigenvalue weighted by atomic mass is 35.5. The van der Waals surface area contributed by atoms with E-state index in [0.29, 0.717) is 16.2 Å². The molecule has 5 heteroatoms. The third-order valence-electron chi connectivity index (χ3n) is 3.45. The van der Waals surface area contributed by atoms with Crippen molar-refractivity contribution in [2.75, 3.05) is 0 Å². The summed E-state index contributed by atoms with van der Waals surface area (Å²) in [4.78, 5) is 12.2. The van der Waals surface area contributed by atoms with Crippen molar-refractivity contribution in [2.24, 2.45) is 0 Å². The molecule has 1 aromatic heterocycles. The molecular weight excluding hydrogens is 305 g/mol. The summed E-state index contributed by atoms with van der Waals surface area (Å²) in [6, 6.07) is 11.3. The van der Waals surface area contributed by atoms with Crippen LogP contribution in [0.5, 0.6) is 0 Å². The zero-order chi connectivity index (χ0) is 15.7. The summed E-state index contributed by atoms with van der Waals surface area (Å²) in [7, 11) is 0. The molecule has 3 aromatic rings. The molecule has 0 bridgehead atoms. The van der Waals surface area contributed by atoms with E-state index in [0.717, 1.165) is 10.9 Å². The number of rotatable bonds is 3. The molecule has 1 N–H and O–H groups in total. The van der Waals surface area contributed by atoms with Gasteiger partial charge in [0, 0.05) is 22.5 Å². The molecule has 0 atom stereocenters. The average Bonchev–Trinajstić information content (AvgIpc) is 2.82. The Labute approximate surface area is 131 Å². The van der Waals surface area contributed by atoms with Gasteiger partial charge in [-0.25, -0.2) is 4.39 Å². The number of benzene rings is 2. The fourth-order valence-corrected chi connectivity index (χ4v) is 2.49. The van der Waals surface area contributed by atoms with E-state index >= 15 is 0 Å². The second-order valence-electron chi connectivity index (χ2n) is 5.01. The summed E-state index contributed by atoms with van der Waals surface area (Å²) >= 11 is 5.96. The first kappa shape index (κ1) is 14.6. The number of carbonyl (C=O) groups is 1. The molecule has 2 aromatic carbocycles. The van der Waals surface area contributed by atoms with Crippen LogP contribution in [0.2, 0.25) is 5.02 Å². The van der Waals surface area contributed by atoms with Gasteiger partial charge in [0.2, 0.25) is 0 Å². The van der Waals surface area contributed by atoms with Gasteiger partial charge >= 0.3 is 0 Å². The highest BCUT2D eigenvalue weighted by molar-refractivity contribution is 6.31. The molecular formula is C17H13ClFNO2. The van der Waals surface area contributed by atoms with E-state index < -0.39 is 0 Å². The molecule has 0 aliphatic rings. The summed E-state index contributed by atoms with van der Waals surface area (Å²) in [5.41, 5.74) is 2.03. The highest BCUT2D eigenvalue weighted by Gasteiger charge is 2.17. The number of carbonyl (C=O) groups excluding carboxylic acids is 1. The van der Waals surface area contributed by atoms with Gasteiger partial charge < -0.3 is 9.73 Å². The molecule has 1 amide bonds. The Morgan fingerprint density at radius 2 is 2.09 bits per heavy atom. The topological polar surface area (TPSA) is 42.2 Å². The Kier molecular flexibility index (Phi) is 3.86. The van der Waals surface area contributed by atoms with E-state index in [9.17, 15) is 9.18 Å². The standard InChI is InChI=1S/C17H13ClFNO2/c1-10-14-8-12(18)5-6-15(14)22-16(10)17(21)20-9-11-3-2-4-13(19)7-11/h2-8H,9H2,1H3,(H,20,21). The van der Waals surface area contributed by atoms with Crippen molar-refractivity contribution in [1.29, 1.82) is 0 Å². The van der Waals surface area contributed by atoms with Crippen LogP contribution in [0, 0.1) is 12.7 Å². The van der Waals surface area contributed by atoms with Gasteiger partial charge in [-0.05, 0) is 42.8 Å². The smallest absolute Gasteiger partial charge is 0.287 e. The van der Waals surface area contributed by atoms with Crippen molar-refractivity contribution in [3.63, 3.8) is 0 Å². The first-order valence-electron chi connectivity index (χ1n) is 6.76. The van der Waals surface area contributed by atoms with Crippen molar-refractivity contribution >= 4 is 28.5 Å². The van der Waals surface area contributed by atoms with Crippen LogP contribution in [-0.4, -0.2) is 5.91 Å². The summed E-state index contributed by atoms with van der Waals surface area (Å²) in [5, 5.41) is 4.12. The minimum atomic E-state index is -0.339. The largest absolute Gasteiger partial charge is 0.451 e. The zero-order valence-electron chi connectivity index (χ0n) is 11.8. The maximum Gasteiger partial charge on any atom is 0.287 e. The Balaban J connectivity index is 1.82. The molecule has 3 rings (SSSR count). The number of aryl methyl sites for hydroxylation is 1. The summed E-state index contributed by atoms with van der Waals surface area (Å²) in [5.74, 6) is -0.427. The van der Waals surface area contributed by atoms with E-state index in [1.807, 2.05) is 0 Å². The number of halogens is 2. The van der Waals surface area contributed by atoms with Gasteiger partial charge in [0.25, 0.3) is 5.91 Å². The number of hydrogen-bond donors (Lipinski definition) is 1. The molecule has 0 radical (unpaired) electrons. The average molecular weight is 318 g/mol. The lowest BCUT2D eigenvalue weighted by Gasteiger charge is -2.04. The van der Waals surface area contributed by atoms with Gasteiger partial charge in [0.1, 0.15) is 11.4 Å². The number of fused-ring (bicyclic) bond motifs is 1. The molecule has 0 aliphatic carbocycles. The van der Waals surface area contributed by atoms with Crippen LogP contribution in [0.3, 0.4) is 0 Å². The number of hydrogen-bond acceptors (Lipinski definition) is 2. The van der Waals surface area contributed by atoms with E-state index in [1.54, 1.807) is 37.3 Å². The van der Waals surface area contributed by atoms with Crippen LogP contribution >= 0.6 is 11.6 Å². The second kappa shape index (κ2) is 5.81. The molecule has 1 heterocycles. The molecule has 0 fully saturated rings. The van der Waals surface area contributed by atoms with Crippen molar-refractivity contribution in [3.8, 4) is 0 Å². The Bertz CT molecular complexity index is 857. The first-order chi connectivity index (χ1) is 10.5. The summed E-state index contributed by atoms with van der Waals surface area (Å²) in [6.07, 6.45) is 0. The van der Waals surface area contributed by atoms with Gasteiger partial charge in [0.15, 0.2) is 5.76 Å². The predicted octanol–water partition coefficient (Wildman–Crippen LogP) is 4.46. The van der Waals surface area contributed by atoms with E-state index in [4.69, 9.17) is 16.0 Å². The van der Waals surface area contributed by atoms with Crippen LogP contribution < -0.4 is 5.32 Å². The Morgan fingerprint density at radius 1 is 1.27 bits per heavy atom. The van der Waals surface area contributed by atoms with Crippen molar-refractivity contribution in [3.05, 3.63) is 70.2 Å². The van der Waals surface area contributed by atoms with E-state index in [1.165, 1.54) is 12.1 Å².